The van der Waals surface area contributed by atoms with E-state index in [2.05, 4.69) is 15.6 Å². The van der Waals surface area contributed by atoms with Gasteiger partial charge >= 0.3 is 6.03 Å². The van der Waals surface area contributed by atoms with Gasteiger partial charge in [0.05, 0.1) is 6.54 Å². The minimum Gasteiger partial charge on any atom is -0.336 e. The number of aryl methyl sites for hydroxylation is 1. The van der Waals surface area contributed by atoms with E-state index in [4.69, 9.17) is 0 Å². The minimum atomic E-state index is -0.315. The van der Waals surface area contributed by atoms with Crippen molar-refractivity contribution in [2.75, 3.05) is 38.0 Å². The number of piperidine rings is 1. The highest BCUT2D eigenvalue weighted by Gasteiger charge is 2.30. The summed E-state index contributed by atoms with van der Waals surface area (Å²) in [4.78, 5) is 43.4. The molecule has 0 bridgehead atoms. The fourth-order valence-corrected chi connectivity index (χ4v) is 3.17. The SMILES string of the molecule is Cc1ccnc(NC(=O)C2CCN(CC(=O)N3CCNC3=O)CC2)c1. The van der Waals surface area contributed by atoms with E-state index in [1.54, 1.807) is 6.20 Å². The van der Waals surface area contributed by atoms with Gasteiger partial charge in [0, 0.05) is 25.2 Å². The van der Waals surface area contributed by atoms with Gasteiger partial charge in [0.1, 0.15) is 5.82 Å². The van der Waals surface area contributed by atoms with Crippen LogP contribution in [0.4, 0.5) is 10.6 Å². The summed E-state index contributed by atoms with van der Waals surface area (Å²) in [5.41, 5.74) is 1.05. The number of carbonyl (C=O) groups is 3. The number of likely N-dealkylation sites (tertiary alicyclic amines) is 1. The first-order chi connectivity index (χ1) is 12.0. The standard InChI is InChI=1S/C17H23N5O3/c1-12-2-5-18-14(10-12)20-16(24)13-3-7-21(8-4-13)11-15(23)22-9-6-19-17(22)25/h2,5,10,13H,3-4,6-9,11H2,1H3,(H,19,25)(H,18,20,24). The van der Waals surface area contributed by atoms with Crippen molar-refractivity contribution in [1.82, 2.24) is 20.1 Å². The minimum absolute atomic E-state index is 0.0250. The lowest BCUT2D eigenvalue weighted by Crippen LogP contribution is -2.45. The molecule has 2 aliphatic rings. The molecule has 134 valence electrons. The maximum atomic E-state index is 12.4. The third-order valence-electron chi connectivity index (χ3n) is 4.64. The maximum Gasteiger partial charge on any atom is 0.324 e. The molecular formula is C17H23N5O3. The smallest absolute Gasteiger partial charge is 0.324 e. The van der Waals surface area contributed by atoms with Crippen LogP contribution in [0.5, 0.6) is 0 Å². The fourth-order valence-electron chi connectivity index (χ4n) is 3.17. The van der Waals surface area contributed by atoms with Gasteiger partial charge in [-0.15, -0.1) is 0 Å². The van der Waals surface area contributed by atoms with E-state index in [0.717, 1.165) is 5.56 Å². The molecule has 0 radical (unpaired) electrons. The maximum absolute atomic E-state index is 12.4. The highest BCUT2D eigenvalue weighted by atomic mass is 16.2. The highest BCUT2D eigenvalue weighted by Crippen LogP contribution is 2.19. The van der Waals surface area contributed by atoms with Crippen molar-refractivity contribution in [2.45, 2.75) is 19.8 Å². The summed E-state index contributed by atoms with van der Waals surface area (Å²) < 4.78 is 0. The first kappa shape index (κ1) is 17.3. The van der Waals surface area contributed by atoms with Gasteiger partial charge in [-0.05, 0) is 50.6 Å². The molecule has 3 heterocycles. The molecule has 0 unspecified atom stereocenters. The van der Waals surface area contributed by atoms with E-state index in [-0.39, 0.29) is 30.3 Å². The number of nitrogens with one attached hydrogen (secondary N) is 2. The molecule has 8 nitrogen and oxygen atoms in total. The number of imide groups is 1. The molecule has 0 aromatic carbocycles. The Morgan fingerprint density at radius 3 is 2.72 bits per heavy atom. The third kappa shape index (κ3) is 4.33. The van der Waals surface area contributed by atoms with Crippen LogP contribution in [0.1, 0.15) is 18.4 Å². The number of nitrogens with zero attached hydrogens (tertiary/aromatic N) is 3. The number of hydrogen-bond acceptors (Lipinski definition) is 5. The Morgan fingerprint density at radius 2 is 2.08 bits per heavy atom. The van der Waals surface area contributed by atoms with Gasteiger partial charge in [-0.25, -0.2) is 9.78 Å². The van der Waals surface area contributed by atoms with E-state index in [0.29, 0.717) is 44.8 Å². The number of urea groups is 1. The average Bonchev–Trinajstić information content (AvgIpc) is 3.01. The Morgan fingerprint density at radius 1 is 1.32 bits per heavy atom. The molecule has 0 saturated carbocycles. The van der Waals surface area contributed by atoms with Gasteiger partial charge in [0.25, 0.3) is 0 Å². The van der Waals surface area contributed by atoms with Gasteiger partial charge in [-0.3, -0.25) is 19.4 Å². The van der Waals surface area contributed by atoms with Crippen molar-refractivity contribution in [2.24, 2.45) is 5.92 Å². The summed E-state index contributed by atoms with van der Waals surface area (Å²) in [5.74, 6) is 0.288. The zero-order valence-electron chi connectivity index (χ0n) is 14.3. The summed E-state index contributed by atoms with van der Waals surface area (Å²) in [6, 6.07) is 3.41. The van der Waals surface area contributed by atoms with Crippen LogP contribution in [-0.2, 0) is 9.59 Å². The van der Waals surface area contributed by atoms with Crippen molar-refractivity contribution in [3.63, 3.8) is 0 Å². The van der Waals surface area contributed by atoms with Crippen molar-refractivity contribution >= 4 is 23.7 Å². The van der Waals surface area contributed by atoms with Crippen LogP contribution in [0.25, 0.3) is 0 Å². The van der Waals surface area contributed by atoms with Gasteiger partial charge in [0.2, 0.25) is 11.8 Å². The molecule has 0 spiro atoms. The van der Waals surface area contributed by atoms with Crippen LogP contribution in [0, 0.1) is 12.8 Å². The quantitative estimate of drug-likeness (QED) is 0.833. The van der Waals surface area contributed by atoms with E-state index in [1.807, 2.05) is 24.0 Å². The van der Waals surface area contributed by atoms with Gasteiger partial charge in [-0.1, -0.05) is 0 Å². The number of rotatable bonds is 4. The topological polar surface area (TPSA) is 94.6 Å². The third-order valence-corrected chi connectivity index (χ3v) is 4.64. The van der Waals surface area contributed by atoms with Crippen molar-refractivity contribution in [3.05, 3.63) is 23.9 Å². The van der Waals surface area contributed by atoms with Crippen LogP contribution in [0.2, 0.25) is 0 Å². The summed E-state index contributed by atoms with van der Waals surface area (Å²) in [5, 5.41) is 5.49. The second-order valence-electron chi connectivity index (χ2n) is 6.54. The van der Waals surface area contributed by atoms with E-state index in [1.165, 1.54) is 4.90 Å². The Balaban J connectivity index is 1.46. The fraction of sp³-hybridized carbons (Fsp3) is 0.529. The zero-order chi connectivity index (χ0) is 17.8. The number of hydrogen-bond donors (Lipinski definition) is 2. The molecule has 2 saturated heterocycles. The van der Waals surface area contributed by atoms with Crippen molar-refractivity contribution in [3.8, 4) is 0 Å². The number of pyridine rings is 1. The summed E-state index contributed by atoms with van der Waals surface area (Å²) >= 11 is 0. The molecule has 1 aromatic heterocycles. The summed E-state index contributed by atoms with van der Waals surface area (Å²) in [6.07, 6.45) is 3.06. The zero-order valence-corrected chi connectivity index (χ0v) is 14.3. The average molecular weight is 345 g/mol. The molecule has 3 rings (SSSR count). The predicted octanol–water partition coefficient (Wildman–Crippen LogP) is 0.592. The lowest BCUT2D eigenvalue weighted by molar-refractivity contribution is -0.129. The first-order valence-electron chi connectivity index (χ1n) is 8.57. The first-order valence-corrected chi connectivity index (χ1v) is 8.57. The monoisotopic (exact) mass is 345 g/mol. The van der Waals surface area contributed by atoms with Crippen LogP contribution in [0.3, 0.4) is 0 Å². The number of anilines is 1. The molecule has 2 fully saturated rings. The molecule has 2 aliphatic heterocycles. The predicted molar refractivity (Wildman–Crippen MR) is 91.9 cm³/mol. The lowest BCUT2D eigenvalue weighted by Gasteiger charge is -2.31. The van der Waals surface area contributed by atoms with E-state index < -0.39 is 0 Å². The van der Waals surface area contributed by atoms with E-state index in [9.17, 15) is 14.4 Å². The van der Waals surface area contributed by atoms with Crippen LogP contribution < -0.4 is 10.6 Å². The van der Waals surface area contributed by atoms with Gasteiger partial charge < -0.3 is 10.6 Å². The van der Waals surface area contributed by atoms with Gasteiger partial charge in [0.15, 0.2) is 0 Å². The second kappa shape index (κ2) is 7.60. The van der Waals surface area contributed by atoms with Gasteiger partial charge in [-0.2, -0.15) is 0 Å². The Hall–Kier alpha value is -2.48. The number of carbonyl (C=O) groups excluding carboxylic acids is 3. The Bertz CT molecular complexity index is 670. The normalized spacial score (nSPS) is 18.9. The summed E-state index contributed by atoms with van der Waals surface area (Å²) in [7, 11) is 0. The molecular weight excluding hydrogens is 322 g/mol. The highest BCUT2D eigenvalue weighted by molar-refractivity contribution is 5.96. The molecule has 8 heteroatoms. The van der Waals surface area contributed by atoms with Crippen molar-refractivity contribution in [1.29, 1.82) is 0 Å². The van der Waals surface area contributed by atoms with Crippen LogP contribution in [-0.4, -0.2) is 65.4 Å². The summed E-state index contributed by atoms with van der Waals surface area (Å²) in [6.45, 7) is 4.45. The van der Waals surface area contributed by atoms with Crippen LogP contribution in [0.15, 0.2) is 18.3 Å². The second-order valence-corrected chi connectivity index (χ2v) is 6.54. The van der Waals surface area contributed by atoms with E-state index >= 15 is 0 Å². The molecule has 2 N–H and O–H groups in total. The number of aromatic nitrogens is 1. The molecule has 0 atom stereocenters. The molecule has 1 aromatic rings. The molecule has 4 amide bonds. The number of amides is 4. The van der Waals surface area contributed by atoms with Crippen molar-refractivity contribution < 1.29 is 14.4 Å². The Kier molecular flexibility index (Phi) is 5.28. The largest absolute Gasteiger partial charge is 0.336 e. The lowest BCUT2D eigenvalue weighted by atomic mass is 9.96. The Labute approximate surface area is 146 Å². The van der Waals surface area contributed by atoms with Crippen LogP contribution >= 0.6 is 0 Å². The molecule has 0 aliphatic carbocycles. The molecule has 25 heavy (non-hydrogen) atoms.